The Labute approximate surface area is 52.7 Å². The lowest BCUT2D eigenvalue weighted by atomic mass is 10.5. The molecule has 44 valence electrons. The Morgan fingerprint density at radius 2 is 2.62 bits per heavy atom. The summed E-state index contributed by atoms with van der Waals surface area (Å²) >= 11 is 3.99. The summed E-state index contributed by atoms with van der Waals surface area (Å²) < 4.78 is 0. The Morgan fingerprint density at radius 1 is 1.88 bits per heavy atom. The van der Waals surface area contributed by atoms with Crippen LogP contribution in [0.3, 0.4) is 0 Å². The third kappa shape index (κ3) is 0.790. The van der Waals surface area contributed by atoms with Crippen molar-refractivity contribution in [3.63, 3.8) is 0 Å². The number of hydrogen-bond donors (Lipinski definition) is 3. The number of nitrogen functional groups attached to an aromatic ring is 1. The van der Waals surface area contributed by atoms with E-state index in [2.05, 4.69) is 22.6 Å². The molecule has 1 rings (SSSR count). The van der Waals surface area contributed by atoms with E-state index in [0.29, 0.717) is 11.6 Å². The Hall–Kier alpha value is -0.640. The topological polar surface area (TPSA) is 54.7 Å². The number of nitrogens with zero attached hydrogens (tertiary/aromatic N) is 1. The molecule has 3 nitrogen and oxygen atoms in total. The Kier molecular flexibility index (Phi) is 1.43. The monoisotopic (exact) mass is 129 g/mol. The molecule has 0 saturated carbocycles. The van der Waals surface area contributed by atoms with Gasteiger partial charge in [0.2, 0.25) is 0 Å². The summed E-state index contributed by atoms with van der Waals surface area (Å²) in [6.07, 6.45) is 1.56. The maximum atomic E-state index is 5.36. The summed E-state index contributed by atoms with van der Waals surface area (Å²) in [5, 5.41) is 0. The van der Waals surface area contributed by atoms with Gasteiger partial charge in [0.15, 0.2) is 0 Å². The molecule has 0 radical (unpaired) electrons. The van der Waals surface area contributed by atoms with Crippen molar-refractivity contribution in [3.8, 4) is 0 Å². The molecule has 0 fully saturated rings. The number of rotatable bonds is 1. The van der Waals surface area contributed by atoms with Gasteiger partial charge in [-0.3, -0.25) is 0 Å². The molecule has 0 spiro atoms. The van der Waals surface area contributed by atoms with Crippen LogP contribution < -0.4 is 5.73 Å². The third-order valence-corrected chi connectivity index (χ3v) is 1.23. The highest BCUT2D eigenvalue weighted by Gasteiger charge is 1.94. The number of imidazole rings is 1. The van der Waals surface area contributed by atoms with Gasteiger partial charge in [-0.25, -0.2) is 4.98 Å². The zero-order valence-electron chi connectivity index (χ0n) is 4.26. The summed E-state index contributed by atoms with van der Waals surface area (Å²) in [5.74, 6) is 1.16. The summed E-state index contributed by atoms with van der Waals surface area (Å²) in [5.41, 5.74) is 6.24. The molecule has 0 aliphatic rings. The van der Waals surface area contributed by atoms with Crippen molar-refractivity contribution in [3.05, 3.63) is 12.0 Å². The molecular weight excluding hydrogens is 122 g/mol. The number of aromatic nitrogens is 2. The van der Waals surface area contributed by atoms with Gasteiger partial charge in [-0.05, 0) is 0 Å². The Balaban J connectivity index is 2.92. The van der Waals surface area contributed by atoms with E-state index in [0.717, 1.165) is 5.69 Å². The molecule has 1 aromatic rings. The van der Waals surface area contributed by atoms with E-state index in [1.54, 1.807) is 6.33 Å². The maximum Gasteiger partial charge on any atom is 0.145 e. The van der Waals surface area contributed by atoms with E-state index in [-0.39, 0.29) is 0 Å². The zero-order chi connectivity index (χ0) is 5.98. The molecule has 0 unspecified atom stereocenters. The highest BCUT2D eigenvalue weighted by atomic mass is 32.1. The average molecular weight is 129 g/mol. The van der Waals surface area contributed by atoms with Gasteiger partial charge in [-0.15, -0.1) is 0 Å². The highest BCUT2D eigenvalue weighted by molar-refractivity contribution is 7.79. The molecule has 0 saturated heterocycles. The standard InChI is InChI=1S/C4H7N3S/c5-4-3(1-8)6-2-7-4/h2,8H,1,5H2,(H,6,7). The van der Waals surface area contributed by atoms with Gasteiger partial charge in [-0.1, -0.05) is 0 Å². The predicted molar refractivity (Wildman–Crippen MR) is 35.7 cm³/mol. The highest BCUT2D eigenvalue weighted by Crippen LogP contribution is 2.05. The van der Waals surface area contributed by atoms with Crippen LogP contribution in [0.25, 0.3) is 0 Å². The van der Waals surface area contributed by atoms with E-state index < -0.39 is 0 Å². The van der Waals surface area contributed by atoms with Gasteiger partial charge in [-0.2, -0.15) is 12.6 Å². The molecule has 4 heteroatoms. The first-order valence-corrected chi connectivity index (χ1v) is 2.86. The lowest BCUT2D eigenvalue weighted by Gasteiger charge is -1.86. The van der Waals surface area contributed by atoms with Crippen LogP contribution in [0, 0.1) is 0 Å². The van der Waals surface area contributed by atoms with E-state index in [9.17, 15) is 0 Å². The van der Waals surface area contributed by atoms with Crippen LogP contribution in [0.2, 0.25) is 0 Å². The summed E-state index contributed by atoms with van der Waals surface area (Å²) in [7, 11) is 0. The molecular formula is C4H7N3S. The first-order valence-electron chi connectivity index (χ1n) is 2.23. The van der Waals surface area contributed by atoms with E-state index in [4.69, 9.17) is 5.73 Å². The number of hydrogen-bond acceptors (Lipinski definition) is 3. The fourth-order valence-corrected chi connectivity index (χ4v) is 0.712. The smallest absolute Gasteiger partial charge is 0.145 e. The van der Waals surface area contributed by atoms with Crippen molar-refractivity contribution in [2.24, 2.45) is 0 Å². The summed E-state index contributed by atoms with van der Waals surface area (Å²) in [6, 6.07) is 0. The number of anilines is 1. The molecule has 0 aliphatic carbocycles. The normalized spacial score (nSPS) is 9.62. The van der Waals surface area contributed by atoms with Crippen LogP contribution in [0.15, 0.2) is 6.33 Å². The van der Waals surface area contributed by atoms with Gasteiger partial charge < -0.3 is 10.7 Å². The van der Waals surface area contributed by atoms with Crippen molar-refractivity contribution in [1.82, 2.24) is 9.97 Å². The fourth-order valence-electron chi connectivity index (χ4n) is 0.458. The summed E-state index contributed by atoms with van der Waals surface area (Å²) in [6.45, 7) is 0. The van der Waals surface area contributed by atoms with Gasteiger partial charge in [0.25, 0.3) is 0 Å². The maximum absolute atomic E-state index is 5.36. The lowest BCUT2D eigenvalue weighted by molar-refractivity contribution is 1.23. The lowest BCUT2D eigenvalue weighted by Crippen LogP contribution is -1.88. The Bertz CT molecular complexity index is 172. The molecule has 0 atom stereocenters. The number of nitrogens with one attached hydrogen (secondary N) is 1. The van der Waals surface area contributed by atoms with E-state index in [1.165, 1.54) is 0 Å². The van der Waals surface area contributed by atoms with Crippen LogP contribution in [-0.4, -0.2) is 9.97 Å². The minimum absolute atomic E-state index is 0.542. The average Bonchev–Trinajstić information content (AvgIpc) is 2.14. The van der Waals surface area contributed by atoms with Gasteiger partial charge in [0.05, 0.1) is 12.0 Å². The molecule has 0 aromatic carbocycles. The second kappa shape index (κ2) is 2.09. The van der Waals surface area contributed by atoms with Crippen molar-refractivity contribution in [2.45, 2.75) is 5.75 Å². The van der Waals surface area contributed by atoms with Crippen LogP contribution in [-0.2, 0) is 5.75 Å². The summed E-state index contributed by atoms with van der Waals surface area (Å²) in [4.78, 5) is 6.60. The SMILES string of the molecule is Nc1nc[nH]c1CS. The first-order chi connectivity index (χ1) is 3.84. The van der Waals surface area contributed by atoms with Crippen molar-refractivity contribution < 1.29 is 0 Å². The number of aromatic amines is 1. The second-order valence-electron chi connectivity index (χ2n) is 1.42. The predicted octanol–water partition coefficient (Wildman–Crippen LogP) is 0.422. The number of H-pyrrole nitrogens is 1. The molecule has 0 bridgehead atoms. The molecule has 3 N–H and O–H groups in total. The second-order valence-corrected chi connectivity index (χ2v) is 1.74. The van der Waals surface area contributed by atoms with Crippen LogP contribution in [0.5, 0.6) is 0 Å². The van der Waals surface area contributed by atoms with Crippen LogP contribution in [0.1, 0.15) is 5.69 Å². The van der Waals surface area contributed by atoms with E-state index >= 15 is 0 Å². The molecule has 8 heavy (non-hydrogen) atoms. The molecule has 0 amide bonds. The van der Waals surface area contributed by atoms with E-state index in [1.807, 2.05) is 0 Å². The van der Waals surface area contributed by atoms with Gasteiger partial charge in [0, 0.05) is 5.75 Å². The van der Waals surface area contributed by atoms with Crippen molar-refractivity contribution in [1.29, 1.82) is 0 Å². The number of thiol groups is 1. The minimum Gasteiger partial charge on any atom is -0.382 e. The zero-order valence-corrected chi connectivity index (χ0v) is 5.15. The van der Waals surface area contributed by atoms with Gasteiger partial charge >= 0.3 is 0 Å². The quantitative estimate of drug-likeness (QED) is 0.481. The van der Waals surface area contributed by atoms with Crippen molar-refractivity contribution in [2.75, 3.05) is 5.73 Å². The molecule has 1 heterocycles. The minimum atomic E-state index is 0.542. The Morgan fingerprint density at radius 3 is 2.88 bits per heavy atom. The third-order valence-electron chi connectivity index (χ3n) is 0.910. The van der Waals surface area contributed by atoms with Crippen molar-refractivity contribution >= 4 is 18.4 Å². The first kappa shape index (κ1) is 5.50. The molecule has 1 aromatic heterocycles. The molecule has 0 aliphatic heterocycles. The van der Waals surface area contributed by atoms with Crippen LogP contribution in [0.4, 0.5) is 5.82 Å². The number of nitrogens with two attached hydrogens (primary N) is 1. The van der Waals surface area contributed by atoms with Crippen LogP contribution >= 0.6 is 12.6 Å². The fraction of sp³-hybridized carbons (Fsp3) is 0.250. The largest absolute Gasteiger partial charge is 0.382 e. The van der Waals surface area contributed by atoms with Gasteiger partial charge in [0.1, 0.15) is 5.82 Å².